The van der Waals surface area contributed by atoms with E-state index >= 15 is 0 Å². The number of carbonyl (C=O) groups excluding carboxylic acids is 2. The fourth-order valence-corrected chi connectivity index (χ4v) is 5.65. The first kappa shape index (κ1) is 25.8. The van der Waals surface area contributed by atoms with Crippen molar-refractivity contribution in [2.45, 2.75) is 31.8 Å². The average molecular weight is 508 g/mol. The van der Waals surface area contributed by atoms with Crippen LogP contribution in [0.15, 0.2) is 71.6 Å². The van der Waals surface area contributed by atoms with E-state index in [1.54, 1.807) is 37.3 Å². The summed E-state index contributed by atoms with van der Waals surface area (Å²) in [5.74, 6) is -1.14. The molecule has 0 bridgehead atoms. The van der Waals surface area contributed by atoms with Crippen molar-refractivity contribution < 1.29 is 27.5 Å². The predicted molar refractivity (Wildman–Crippen MR) is 136 cm³/mol. The van der Waals surface area contributed by atoms with Crippen molar-refractivity contribution >= 4 is 21.8 Å². The molecular formula is C28H29NO6S. The molecular weight excluding hydrogens is 478 g/mol. The second-order valence-electron chi connectivity index (χ2n) is 8.92. The number of benzene rings is 3. The lowest BCUT2D eigenvalue weighted by Gasteiger charge is -2.26. The van der Waals surface area contributed by atoms with Gasteiger partial charge in [0.2, 0.25) is 15.8 Å². The van der Waals surface area contributed by atoms with E-state index in [0.717, 1.165) is 11.1 Å². The quantitative estimate of drug-likeness (QED) is 0.348. The predicted octanol–water partition coefficient (Wildman–Crippen LogP) is 4.41. The second-order valence-corrected chi connectivity index (χ2v) is 10.8. The van der Waals surface area contributed by atoms with Gasteiger partial charge in [0.1, 0.15) is 0 Å². The van der Waals surface area contributed by atoms with Gasteiger partial charge in [-0.1, -0.05) is 65.7 Å². The Balaban J connectivity index is 1.66. The molecule has 1 unspecified atom stereocenters. The summed E-state index contributed by atoms with van der Waals surface area (Å²) in [6.07, 6.45) is -1.18. The summed E-state index contributed by atoms with van der Waals surface area (Å²) in [6.45, 7) is 6.66. The van der Waals surface area contributed by atoms with Crippen molar-refractivity contribution in [3.63, 3.8) is 0 Å². The van der Waals surface area contributed by atoms with Crippen molar-refractivity contribution in [3.05, 3.63) is 100 Å². The number of esters is 1. The van der Waals surface area contributed by atoms with E-state index in [1.165, 1.54) is 16.4 Å². The molecule has 8 heteroatoms. The van der Waals surface area contributed by atoms with Gasteiger partial charge in [-0.15, -0.1) is 0 Å². The highest BCUT2D eigenvalue weighted by atomic mass is 32.2. The molecule has 3 aromatic carbocycles. The van der Waals surface area contributed by atoms with Gasteiger partial charge in [0.25, 0.3) is 0 Å². The number of hydrogen-bond donors (Lipinski definition) is 0. The minimum atomic E-state index is -3.82. The molecule has 0 saturated carbocycles. The minimum absolute atomic E-state index is 0.0376. The molecule has 4 rings (SSSR count). The molecule has 0 spiro atoms. The summed E-state index contributed by atoms with van der Waals surface area (Å²) in [5, 5.41) is 0. The third-order valence-electron chi connectivity index (χ3n) is 6.19. The van der Waals surface area contributed by atoms with Crippen LogP contribution in [0.4, 0.5) is 0 Å². The number of carbonyl (C=O) groups is 2. The average Bonchev–Trinajstić information content (AvgIpc) is 2.88. The van der Waals surface area contributed by atoms with Crippen molar-refractivity contribution in [1.29, 1.82) is 0 Å². The normalized spacial score (nSPS) is 15.3. The van der Waals surface area contributed by atoms with Crippen LogP contribution in [0.25, 0.3) is 0 Å². The molecule has 1 saturated heterocycles. The first-order valence-corrected chi connectivity index (χ1v) is 13.2. The third-order valence-corrected chi connectivity index (χ3v) is 8.23. The van der Waals surface area contributed by atoms with Crippen molar-refractivity contribution in [2.24, 2.45) is 0 Å². The lowest BCUT2D eigenvalue weighted by molar-refractivity contribution is 0.0279. The summed E-state index contributed by atoms with van der Waals surface area (Å²) in [5.41, 5.74) is 3.53. The summed E-state index contributed by atoms with van der Waals surface area (Å²) in [6, 6.07) is 18.7. The van der Waals surface area contributed by atoms with E-state index in [1.807, 2.05) is 38.1 Å². The summed E-state index contributed by atoms with van der Waals surface area (Å²) < 4.78 is 38.9. The van der Waals surface area contributed by atoms with Crippen molar-refractivity contribution in [2.75, 3.05) is 26.3 Å². The second kappa shape index (κ2) is 10.7. The molecule has 188 valence electrons. The maximum atomic E-state index is 13.4. The molecule has 0 N–H and O–H groups in total. The number of Topliss-reactive ketones (excluding diaryl/α,β-unsaturated/α-hetero) is 1. The standard InChI is InChI=1S/C28H29NO6S/c1-19-4-9-22(10-5-19)26(30)27(23-11-6-20(2)7-12-23)35-28(31)24-13-8-21(3)25(18-24)36(32,33)29-14-16-34-17-15-29/h4-13,18,27H,14-17H2,1-3H3. The molecule has 36 heavy (non-hydrogen) atoms. The third kappa shape index (κ3) is 5.56. The Morgan fingerprint density at radius 1 is 0.833 bits per heavy atom. The highest BCUT2D eigenvalue weighted by molar-refractivity contribution is 7.89. The number of sulfonamides is 1. The lowest BCUT2D eigenvalue weighted by Crippen LogP contribution is -2.40. The monoisotopic (exact) mass is 507 g/mol. The molecule has 7 nitrogen and oxygen atoms in total. The molecule has 1 heterocycles. The molecule has 1 atom stereocenters. The maximum absolute atomic E-state index is 13.4. The van der Waals surface area contributed by atoms with Gasteiger partial charge in [0.15, 0.2) is 6.10 Å². The van der Waals surface area contributed by atoms with E-state index in [0.29, 0.717) is 29.9 Å². The zero-order chi connectivity index (χ0) is 25.9. The van der Waals surface area contributed by atoms with Gasteiger partial charge in [-0.2, -0.15) is 4.31 Å². The number of nitrogens with zero attached hydrogens (tertiary/aromatic N) is 1. The van der Waals surface area contributed by atoms with Crippen LogP contribution < -0.4 is 0 Å². The highest BCUT2D eigenvalue weighted by Crippen LogP contribution is 2.27. The summed E-state index contributed by atoms with van der Waals surface area (Å²) in [7, 11) is -3.82. The van der Waals surface area contributed by atoms with Crippen LogP contribution in [0, 0.1) is 20.8 Å². The lowest BCUT2D eigenvalue weighted by atomic mass is 9.98. The smallest absolute Gasteiger partial charge is 0.339 e. The van der Waals surface area contributed by atoms with E-state index in [4.69, 9.17) is 9.47 Å². The number of aryl methyl sites for hydroxylation is 3. The SMILES string of the molecule is Cc1ccc(C(=O)C(OC(=O)c2ccc(C)c(S(=O)(=O)N3CCOCC3)c2)c2ccc(C)cc2)cc1. The number of ether oxygens (including phenoxy) is 2. The zero-order valence-electron chi connectivity index (χ0n) is 20.6. The Bertz CT molecular complexity index is 1360. The van der Waals surface area contributed by atoms with Crippen LogP contribution in [0.2, 0.25) is 0 Å². The number of morpholine rings is 1. The van der Waals surface area contributed by atoms with E-state index in [-0.39, 0.29) is 29.3 Å². The van der Waals surface area contributed by atoms with Gasteiger partial charge in [-0.25, -0.2) is 13.2 Å². The fraction of sp³-hybridized carbons (Fsp3) is 0.286. The van der Waals surface area contributed by atoms with Crippen LogP contribution in [-0.2, 0) is 19.5 Å². The molecule has 0 aromatic heterocycles. The fourth-order valence-electron chi connectivity index (χ4n) is 3.99. The van der Waals surface area contributed by atoms with Gasteiger partial charge >= 0.3 is 5.97 Å². The summed E-state index contributed by atoms with van der Waals surface area (Å²) in [4.78, 5) is 26.7. The summed E-state index contributed by atoms with van der Waals surface area (Å²) >= 11 is 0. The number of hydrogen-bond acceptors (Lipinski definition) is 6. The van der Waals surface area contributed by atoms with E-state index in [2.05, 4.69) is 0 Å². The Morgan fingerprint density at radius 2 is 1.39 bits per heavy atom. The molecule has 0 amide bonds. The Morgan fingerprint density at radius 3 is 2.00 bits per heavy atom. The first-order valence-electron chi connectivity index (χ1n) is 11.7. The van der Waals surface area contributed by atoms with Crippen molar-refractivity contribution in [1.82, 2.24) is 4.31 Å². The molecule has 1 aliphatic rings. The molecule has 1 aliphatic heterocycles. The highest BCUT2D eigenvalue weighted by Gasteiger charge is 2.30. The molecule has 3 aromatic rings. The van der Waals surface area contributed by atoms with Crippen LogP contribution >= 0.6 is 0 Å². The van der Waals surface area contributed by atoms with Crippen molar-refractivity contribution in [3.8, 4) is 0 Å². The molecule has 0 aliphatic carbocycles. The van der Waals surface area contributed by atoms with Crippen LogP contribution in [0.5, 0.6) is 0 Å². The van der Waals surface area contributed by atoms with Gasteiger partial charge in [-0.3, -0.25) is 4.79 Å². The zero-order valence-corrected chi connectivity index (χ0v) is 21.4. The van der Waals surface area contributed by atoms with Crippen LogP contribution in [0.3, 0.4) is 0 Å². The first-order chi connectivity index (χ1) is 17.2. The Kier molecular flexibility index (Phi) is 7.68. The molecule has 1 fully saturated rings. The van der Waals surface area contributed by atoms with Gasteiger partial charge < -0.3 is 9.47 Å². The topological polar surface area (TPSA) is 90.0 Å². The van der Waals surface area contributed by atoms with E-state index < -0.39 is 22.1 Å². The van der Waals surface area contributed by atoms with Gasteiger partial charge in [-0.05, 0) is 38.5 Å². The van der Waals surface area contributed by atoms with Crippen LogP contribution in [-0.4, -0.2) is 50.8 Å². The van der Waals surface area contributed by atoms with E-state index in [9.17, 15) is 18.0 Å². The Hall–Kier alpha value is -3.33. The van der Waals surface area contributed by atoms with Gasteiger partial charge in [0.05, 0.1) is 23.7 Å². The minimum Gasteiger partial charge on any atom is -0.445 e. The van der Waals surface area contributed by atoms with Gasteiger partial charge in [0, 0.05) is 24.2 Å². The number of rotatable bonds is 7. The largest absolute Gasteiger partial charge is 0.445 e. The van der Waals surface area contributed by atoms with Crippen LogP contribution in [0.1, 0.15) is 49.1 Å². The Labute approximate surface area is 211 Å². The number of ketones is 1. The molecule has 0 radical (unpaired) electrons. The maximum Gasteiger partial charge on any atom is 0.339 e.